The molecule has 1 unspecified atom stereocenters. The fourth-order valence-corrected chi connectivity index (χ4v) is 3.27. The van der Waals surface area contributed by atoms with E-state index in [4.69, 9.17) is 4.74 Å². The van der Waals surface area contributed by atoms with Crippen molar-refractivity contribution in [3.63, 3.8) is 0 Å². The molecular weight excluding hydrogens is 384 g/mol. The Hall–Kier alpha value is -3.40. The maximum Gasteiger partial charge on any atom is 0.339 e. The van der Waals surface area contributed by atoms with Crippen LogP contribution in [0.5, 0.6) is 0 Å². The Balaban J connectivity index is 1.90. The van der Waals surface area contributed by atoms with Gasteiger partial charge in [0.2, 0.25) is 0 Å². The minimum Gasteiger partial charge on any atom is -0.449 e. The Kier molecular flexibility index (Phi) is 7.24. The molecule has 0 aliphatic rings. The van der Waals surface area contributed by atoms with Gasteiger partial charge < -0.3 is 9.64 Å². The molecule has 0 spiro atoms. The van der Waals surface area contributed by atoms with Gasteiger partial charge >= 0.3 is 5.97 Å². The molecule has 0 saturated carbocycles. The van der Waals surface area contributed by atoms with Gasteiger partial charge in [0, 0.05) is 13.6 Å². The number of carbonyl (C=O) groups is 1. The molecule has 0 aromatic heterocycles. The van der Waals surface area contributed by atoms with Crippen LogP contribution in [-0.2, 0) is 4.74 Å². The van der Waals surface area contributed by atoms with E-state index in [0.29, 0.717) is 5.56 Å². The molecule has 3 rings (SSSR count). The van der Waals surface area contributed by atoms with E-state index in [9.17, 15) is 4.79 Å². The van der Waals surface area contributed by atoms with Crippen LogP contribution in [0.1, 0.15) is 51.2 Å². The minimum atomic E-state index is -0.468. The summed E-state index contributed by atoms with van der Waals surface area (Å²) in [4.78, 5) is 19.8. The number of rotatable bonds is 7. The van der Waals surface area contributed by atoms with Crippen molar-refractivity contribution in [2.45, 2.75) is 33.8 Å². The molecule has 0 radical (unpaired) electrons. The molecule has 0 aliphatic heterocycles. The first-order valence-electron chi connectivity index (χ1n) is 10.6. The zero-order chi connectivity index (χ0) is 22.4. The Morgan fingerprint density at radius 2 is 1.61 bits per heavy atom. The van der Waals surface area contributed by atoms with Crippen molar-refractivity contribution in [2.24, 2.45) is 4.99 Å². The van der Waals surface area contributed by atoms with Gasteiger partial charge in [0.1, 0.15) is 0 Å². The average Bonchev–Trinajstić information content (AvgIpc) is 2.78. The fraction of sp³-hybridized carbons (Fsp3) is 0.259. The Morgan fingerprint density at radius 1 is 0.968 bits per heavy atom. The molecule has 160 valence electrons. The summed E-state index contributed by atoms with van der Waals surface area (Å²) in [6, 6.07) is 21.8. The van der Waals surface area contributed by atoms with Crippen LogP contribution in [0.4, 0.5) is 5.69 Å². The second kappa shape index (κ2) is 10.1. The lowest BCUT2D eigenvalue weighted by atomic mass is 9.99. The quantitative estimate of drug-likeness (QED) is 0.264. The molecule has 1 atom stereocenters. The van der Waals surface area contributed by atoms with Crippen molar-refractivity contribution in [3.8, 4) is 0 Å². The highest BCUT2D eigenvalue weighted by Gasteiger charge is 2.22. The zero-order valence-electron chi connectivity index (χ0n) is 18.9. The zero-order valence-corrected chi connectivity index (χ0v) is 18.9. The number of esters is 1. The lowest BCUT2D eigenvalue weighted by Gasteiger charge is -2.20. The largest absolute Gasteiger partial charge is 0.449 e. The summed E-state index contributed by atoms with van der Waals surface area (Å²) < 4.78 is 6.05. The number of nitrogens with zero attached hydrogens (tertiary/aromatic N) is 2. The first kappa shape index (κ1) is 22.3. The topological polar surface area (TPSA) is 41.9 Å². The van der Waals surface area contributed by atoms with Crippen LogP contribution in [-0.4, -0.2) is 30.8 Å². The standard InChI is InChI=1S/C27H30N2O2/c1-6-29(5)18-28-25-17-20(3)24(16-21(25)4)27(30)31-26(22-10-8-7-9-11-22)23-14-12-19(2)13-15-23/h7-18,26H,6H2,1-5H3. The molecule has 0 bridgehead atoms. The van der Waals surface area contributed by atoms with Gasteiger partial charge in [0.25, 0.3) is 0 Å². The predicted molar refractivity (Wildman–Crippen MR) is 127 cm³/mol. The van der Waals surface area contributed by atoms with Crippen LogP contribution in [0.25, 0.3) is 0 Å². The van der Waals surface area contributed by atoms with E-state index in [0.717, 1.165) is 34.5 Å². The van der Waals surface area contributed by atoms with E-state index < -0.39 is 6.10 Å². The second-order valence-electron chi connectivity index (χ2n) is 7.88. The second-order valence-corrected chi connectivity index (χ2v) is 7.88. The van der Waals surface area contributed by atoms with E-state index in [-0.39, 0.29) is 5.97 Å². The van der Waals surface area contributed by atoms with Gasteiger partial charge in [0.15, 0.2) is 6.10 Å². The highest BCUT2D eigenvalue weighted by Crippen LogP contribution is 2.29. The molecule has 0 aliphatic carbocycles. The molecule has 0 N–H and O–H groups in total. The highest BCUT2D eigenvalue weighted by molar-refractivity contribution is 5.92. The summed E-state index contributed by atoms with van der Waals surface area (Å²) in [5.74, 6) is -0.337. The molecule has 0 heterocycles. The van der Waals surface area contributed by atoms with E-state index in [2.05, 4.69) is 11.9 Å². The van der Waals surface area contributed by atoms with Crippen molar-refractivity contribution < 1.29 is 9.53 Å². The summed E-state index contributed by atoms with van der Waals surface area (Å²) in [5, 5.41) is 0. The summed E-state index contributed by atoms with van der Waals surface area (Å²) in [6.07, 6.45) is 1.34. The summed E-state index contributed by atoms with van der Waals surface area (Å²) in [6.45, 7) is 8.87. The van der Waals surface area contributed by atoms with Gasteiger partial charge in [-0.05, 0) is 62.1 Å². The van der Waals surface area contributed by atoms with Crippen molar-refractivity contribution in [1.82, 2.24) is 4.90 Å². The number of aryl methyl sites for hydroxylation is 3. The molecular formula is C27H30N2O2. The number of hydrogen-bond acceptors (Lipinski definition) is 3. The van der Waals surface area contributed by atoms with Crippen LogP contribution >= 0.6 is 0 Å². The third-order valence-electron chi connectivity index (χ3n) is 5.36. The number of carbonyl (C=O) groups excluding carboxylic acids is 1. The van der Waals surface area contributed by atoms with Gasteiger partial charge in [-0.15, -0.1) is 0 Å². The number of aliphatic imine (C=N–C) groups is 1. The Bertz CT molecular complexity index is 1060. The van der Waals surface area contributed by atoms with Crippen molar-refractivity contribution in [2.75, 3.05) is 13.6 Å². The summed E-state index contributed by atoms with van der Waals surface area (Å²) in [7, 11) is 1.98. The van der Waals surface area contributed by atoms with Crippen LogP contribution in [0.3, 0.4) is 0 Å². The normalized spacial score (nSPS) is 12.0. The molecule has 0 fully saturated rings. The maximum absolute atomic E-state index is 13.2. The van der Waals surface area contributed by atoms with Crippen LogP contribution in [0.15, 0.2) is 71.7 Å². The van der Waals surface area contributed by atoms with Crippen molar-refractivity contribution in [3.05, 3.63) is 100 Å². The third kappa shape index (κ3) is 5.60. The third-order valence-corrected chi connectivity index (χ3v) is 5.36. The fourth-order valence-electron chi connectivity index (χ4n) is 3.27. The van der Waals surface area contributed by atoms with Crippen LogP contribution in [0.2, 0.25) is 0 Å². The van der Waals surface area contributed by atoms with Gasteiger partial charge in [-0.2, -0.15) is 0 Å². The first-order valence-corrected chi connectivity index (χ1v) is 10.6. The molecule has 4 nitrogen and oxygen atoms in total. The lowest BCUT2D eigenvalue weighted by Crippen LogP contribution is -2.15. The number of benzene rings is 3. The SMILES string of the molecule is CCN(C)C=Nc1cc(C)c(C(=O)OC(c2ccccc2)c2ccc(C)cc2)cc1C. The monoisotopic (exact) mass is 414 g/mol. The van der Waals surface area contributed by atoms with Gasteiger partial charge in [-0.3, -0.25) is 0 Å². The molecule has 3 aromatic rings. The number of ether oxygens (including phenoxy) is 1. The van der Waals surface area contributed by atoms with Crippen LogP contribution in [0, 0.1) is 20.8 Å². The van der Waals surface area contributed by atoms with E-state index in [1.54, 1.807) is 0 Å². The molecule has 0 saturated heterocycles. The highest BCUT2D eigenvalue weighted by atomic mass is 16.5. The molecule has 0 amide bonds. The number of hydrogen-bond donors (Lipinski definition) is 0. The van der Waals surface area contributed by atoms with Crippen LogP contribution < -0.4 is 0 Å². The van der Waals surface area contributed by atoms with Gasteiger partial charge in [-0.25, -0.2) is 9.79 Å². The molecule has 31 heavy (non-hydrogen) atoms. The predicted octanol–water partition coefficient (Wildman–Crippen LogP) is 6.17. The van der Waals surface area contributed by atoms with Crippen molar-refractivity contribution in [1.29, 1.82) is 0 Å². The molecule has 3 aromatic carbocycles. The van der Waals surface area contributed by atoms with E-state index in [1.807, 2.05) is 106 Å². The molecule has 4 heteroatoms. The van der Waals surface area contributed by atoms with Gasteiger partial charge in [-0.1, -0.05) is 60.2 Å². The first-order chi connectivity index (χ1) is 14.9. The van der Waals surface area contributed by atoms with E-state index in [1.165, 1.54) is 5.56 Å². The lowest BCUT2D eigenvalue weighted by molar-refractivity contribution is 0.0377. The van der Waals surface area contributed by atoms with Gasteiger partial charge in [0.05, 0.1) is 17.6 Å². The Morgan fingerprint density at radius 3 is 2.26 bits per heavy atom. The maximum atomic E-state index is 13.2. The smallest absolute Gasteiger partial charge is 0.339 e. The summed E-state index contributed by atoms with van der Waals surface area (Å²) in [5.41, 5.74) is 6.25. The minimum absolute atomic E-state index is 0.337. The van der Waals surface area contributed by atoms with E-state index >= 15 is 0 Å². The van der Waals surface area contributed by atoms with Crippen molar-refractivity contribution >= 4 is 18.0 Å². The summed E-state index contributed by atoms with van der Waals surface area (Å²) >= 11 is 0. The average molecular weight is 415 g/mol. The Labute approximate surface area is 185 Å².